The molecule has 4 rings (SSSR count). The molecule has 0 saturated carbocycles. The van der Waals surface area contributed by atoms with Gasteiger partial charge in [0.2, 0.25) is 0 Å². The third-order valence-electron chi connectivity index (χ3n) is 6.99. The summed E-state index contributed by atoms with van der Waals surface area (Å²) >= 11 is 0. The highest BCUT2D eigenvalue weighted by Crippen LogP contribution is 2.28. The van der Waals surface area contributed by atoms with Crippen molar-refractivity contribution in [2.75, 3.05) is 46.8 Å². The number of likely N-dealkylation sites (tertiary alicyclic amines) is 1. The Morgan fingerprint density at radius 3 is 2.88 bits per heavy atom. The molecule has 1 aromatic heterocycles. The molecule has 180 valence electrons. The summed E-state index contributed by atoms with van der Waals surface area (Å²) in [4.78, 5) is 16.1. The normalized spacial score (nSPS) is 21.6. The van der Waals surface area contributed by atoms with E-state index in [1.54, 1.807) is 6.20 Å². The molecule has 5 N–H and O–H groups in total. The maximum Gasteiger partial charge on any atom is 0.0738 e. The minimum atomic E-state index is 0.766. The number of hydrogen-bond acceptors (Lipinski definition) is 7. The number of nitrogens with two attached hydrogens (primary N) is 2. The number of likely N-dealkylation sites (N-methyl/N-ethyl adjacent to an activating group) is 1. The van der Waals surface area contributed by atoms with Crippen LogP contribution in [0.5, 0.6) is 0 Å². The fourth-order valence-electron chi connectivity index (χ4n) is 4.89. The lowest BCUT2D eigenvalue weighted by atomic mass is 9.94. The van der Waals surface area contributed by atoms with E-state index in [-0.39, 0.29) is 0 Å². The van der Waals surface area contributed by atoms with Crippen molar-refractivity contribution in [3.8, 4) is 0 Å². The summed E-state index contributed by atoms with van der Waals surface area (Å²) in [5, 5.41) is 5.52. The van der Waals surface area contributed by atoms with Gasteiger partial charge in [-0.25, -0.2) is 0 Å². The molecule has 0 unspecified atom stereocenters. The third kappa shape index (κ3) is 5.54. The van der Waals surface area contributed by atoms with Gasteiger partial charge in [-0.15, -0.1) is 0 Å². The molecule has 1 aromatic carbocycles. The SMILES string of the molecule is CN=C1CCN(C)C/C1=C(/N)c1cccc2cc(/C(C=NCCC3CCNCC3)=C/N)ncc12. The number of benzene rings is 1. The van der Waals surface area contributed by atoms with Crippen LogP contribution in [0.25, 0.3) is 22.0 Å². The predicted octanol–water partition coefficient (Wildman–Crippen LogP) is 3.07. The van der Waals surface area contributed by atoms with Gasteiger partial charge < -0.3 is 21.7 Å². The molecule has 0 spiro atoms. The summed E-state index contributed by atoms with van der Waals surface area (Å²) in [5.41, 5.74) is 18.3. The van der Waals surface area contributed by atoms with Crippen LogP contribution >= 0.6 is 0 Å². The van der Waals surface area contributed by atoms with Crippen LogP contribution in [-0.4, -0.2) is 68.6 Å². The van der Waals surface area contributed by atoms with Gasteiger partial charge in [-0.1, -0.05) is 18.2 Å². The van der Waals surface area contributed by atoms with Crippen LogP contribution in [0.15, 0.2) is 52.2 Å². The van der Waals surface area contributed by atoms with Crippen LogP contribution in [0.2, 0.25) is 0 Å². The predicted molar refractivity (Wildman–Crippen MR) is 144 cm³/mol. The van der Waals surface area contributed by atoms with E-state index in [0.717, 1.165) is 96.1 Å². The van der Waals surface area contributed by atoms with E-state index < -0.39 is 0 Å². The van der Waals surface area contributed by atoms with Gasteiger partial charge in [-0.3, -0.25) is 15.0 Å². The van der Waals surface area contributed by atoms with Gasteiger partial charge in [0.1, 0.15) is 0 Å². The van der Waals surface area contributed by atoms with Crippen molar-refractivity contribution < 1.29 is 0 Å². The van der Waals surface area contributed by atoms with Gasteiger partial charge in [0.15, 0.2) is 0 Å². The number of aromatic nitrogens is 1. The van der Waals surface area contributed by atoms with Crippen molar-refractivity contribution in [3.63, 3.8) is 0 Å². The summed E-state index contributed by atoms with van der Waals surface area (Å²) in [6, 6.07) is 8.27. The molecule has 2 aromatic rings. The fourth-order valence-corrected chi connectivity index (χ4v) is 4.89. The second-order valence-electron chi connectivity index (χ2n) is 9.29. The maximum atomic E-state index is 6.72. The Balaban J connectivity index is 1.56. The lowest BCUT2D eigenvalue weighted by Crippen LogP contribution is -2.34. The largest absolute Gasteiger partial charge is 0.404 e. The van der Waals surface area contributed by atoms with Crippen molar-refractivity contribution in [2.24, 2.45) is 27.4 Å². The first-order valence-corrected chi connectivity index (χ1v) is 12.3. The lowest BCUT2D eigenvalue weighted by Gasteiger charge is -2.27. The third-order valence-corrected chi connectivity index (χ3v) is 6.99. The molecular formula is C27H37N7. The smallest absolute Gasteiger partial charge is 0.0738 e. The van der Waals surface area contributed by atoms with Gasteiger partial charge in [0.05, 0.1) is 5.69 Å². The number of aliphatic imine (C=N–C) groups is 2. The molecule has 0 radical (unpaired) electrons. The molecule has 2 aliphatic heterocycles. The average molecular weight is 460 g/mol. The minimum Gasteiger partial charge on any atom is -0.404 e. The number of hydrogen-bond donors (Lipinski definition) is 3. The van der Waals surface area contributed by atoms with E-state index in [1.165, 1.54) is 12.8 Å². The molecule has 2 aliphatic rings. The Bertz CT molecular complexity index is 1120. The van der Waals surface area contributed by atoms with Crippen LogP contribution in [0.3, 0.4) is 0 Å². The van der Waals surface area contributed by atoms with Crippen LogP contribution in [0.1, 0.15) is 36.9 Å². The zero-order chi connectivity index (χ0) is 23.9. The van der Waals surface area contributed by atoms with Crippen molar-refractivity contribution in [2.45, 2.75) is 25.7 Å². The van der Waals surface area contributed by atoms with Crippen molar-refractivity contribution in [1.82, 2.24) is 15.2 Å². The highest BCUT2D eigenvalue weighted by atomic mass is 15.1. The molecule has 0 amide bonds. The first-order valence-electron chi connectivity index (χ1n) is 12.3. The summed E-state index contributed by atoms with van der Waals surface area (Å²) in [6.45, 7) is 4.86. The number of piperidine rings is 2. The van der Waals surface area contributed by atoms with Crippen LogP contribution in [-0.2, 0) is 0 Å². The van der Waals surface area contributed by atoms with E-state index in [0.29, 0.717) is 0 Å². The maximum absolute atomic E-state index is 6.72. The summed E-state index contributed by atoms with van der Waals surface area (Å²) < 4.78 is 0. The van der Waals surface area contributed by atoms with Gasteiger partial charge in [0.25, 0.3) is 0 Å². The highest BCUT2D eigenvalue weighted by molar-refractivity contribution is 6.11. The second kappa shape index (κ2) is 11.4. The fraction of sp³-hybridized carbons (Fsp3) is 0.444. The zero-order valence-corrected chi connectivity index (χ0v) is 20.4. The Morgan fingerprint density at radius 1 is 1.29 bits per heavy atom. The van der Waals surface area contributed by atoms with E-state index in [2.05, 4.69) is 45.4 Å². The molecule has 3 heterocycles. The van der Waals surface area contributed by atoms with Crippen molar-refractivity contribution >= 4 is 34.0 Å². The number of pyridine rings is 1. The van der Waals surface area contributed by atoms with Crippen LogP contribution < -0.4 is 16.8 Å². The molecular weight excluding hydrogens is 422 g/mol. The Morgan fingerprint density at radius 2 is 2.12 bits per heavy atom. The molecule has 2 saturated heterocycles. The van der Waals surface area contributed by atoms with E-state index in [4.69, 9.17) is 16.5 Å². The molecule has 2 fully saturated rings. The number of fused-ring (bicyclic) bond motifs is 1. The van der Waals surface area contributed by atoms with E-state index in [1.807, 2.05) is 25.5 Å². The van der Waals surface area contributed by atoms with Crippen LogP contribution in [0.4, 0.5) is 0 Å². The number of nitrogens with one attached hydrogen (secondary N) is 1. The minimum absolute atomic E-state index is 0.766. The highest BCUT2D eigenvalue weighted by Gasteiger charge is 2.21. The molecule has 0 bridgehead atoms. The van der Waals surface area contributed by atoms with Gasteiger partial charge in [-0.05, 0) is 56.8 Å². The molecule has 0 atom stereocenters. The summed E-state index contributed by atoms with van der Waals surface area (Å²) in [6.07, 6.45) is 9.86. The standard InChI is InChI=1S/C27H37N7/c1-30-25-9-13-34(2)18-24(25)27(29)22-5-3-4-20-14-26(33-17-23(20)22)21(15-28)16-32-12-8-19-6-10-31-11-7-19/h3-5,14-17,19,31H,6-13,18,28-29H2,1-2H3/b21-15+,27-24-,30-25?,32-16?. The zero-order valence-electron chi connectivity index (χ0n) is 20.4. The molecule has 7 heteroatoms. The second-order valence-corrected chi connectivity index (χ2v) is 9.29. The average Bonchev–Trinajstić information content (AvgIpc) is 2.88. The van der Waals surface area contributed by atoms with Crippen molar-refractivity contribution in [3.05, 3.63) is 53.5 Å². The molecule has 0 aliphatic carbocycles. The van der Waals surface area contributed by atoms with Gasteiger partial charge >= 0.3 is 0 Å². The summed E-state index contributed by atoms with van der Waals surface area (Å²) in [7, 11) is 3.96. The quantitative estimate of drug-likeness (QED) is 0.576. The van der Waals surface area contributed by atoms with Gasteiger partial charge in [-0.2, -0.15) is 0 Å². The Labute approximate surface area is 202 Å². The first kappa shape index (κ1) is 24.1. The van der Waals surface area contributed by atoms with Crippen LogP contribution in [0, 0.1) is 5.92 Å². The van der Waals surface area contributed by atoms with Gasteiger partial charge in [0, 0.05) is 85.2 Å². The summed E-state index contributed by atoms with van der Waals surface area (Å²) in [5.74, 6) is 0.766. The van der Waals surface area contributed by atoms with E-state index in [9.17, 15) is 0 Å². The molecule has 7 nitrogen and oxygen atoms in total. The number of nitrogens with zero attached hydrogens (tertiary/aromatic N) is 4. The topological polar surface area (TPSA) is 105 Å². The van der Waals surface area contributed by atoms with E-state index >= 15 is 0 Å². The Kier molecular flexibility index (Phi) is 8.08. The van der Waals surface area contributed by atoms with Crippen molar-refractivity contribution in [1.29, 1.82) is 0 Å². The first-order chi connectivity index (χ1) is 16.6. The Hall–Kier alpha value is -3.03. The number of allylic oxidation sites excluding steroid dienone is 1. The lowest BCUT2D eigenvalue weighted by molar-refractivity contribution is 0.358. The molecule has 34 heavy (non-hydrogen) atoms. The monoisotopic (exact) mass is 459 g/mol. The number of rotatable bonds is 6.